The molecule has 0 radical (unpaired) electrons. The second-order valence-corrected chi connectivity index (χ2v) is 6.93. The van der Waals surface area contributed by atoms with E-state index >= 15 is 0 Å². The minimum Gasteiger partial charge on any atom is -1.00 e. The van der Waals surface area contributed by atoms with E-state index < -0.39 is 11.6 Å². The first-order valence-corrected chi connectivity index (χ1v) is 9.46. The molecule has 0 rings (SSSR count). The van der Waals surface area contributed by atoms with E-state index in [2.05, 4.69) is 6.92 Å². The number of aliphatic hydroxyl groups is 1. The number of carboxylic acids is 1. The number of hydrogen-bond donors (Lipinski definition) is 2. The quantitative estimate of drug-likeness (QED) is 0.357. The summed E-state index contributed by atoms with van der Waals surface area (Å²) in [5.74, 6) is -1.11. The zero-order valence-corrected chi connectivity index (χ0v) is 22.2. The molecule has 3 nitrogen and oxygen atoms in total. The second kappa shape index (κ2) is 18.3. The Morgan fingerprint density at radius 2 is 1.09 bits per heavy atom. The largest absolute Gasteiger partial charge is 1.00 e. The van der Waals surface area contributed by atoms with Crippen molar-refractivity contribution in [2.24, 2.45) is 0 Å². The summed E-state index contributed by atoms with van der Waals surface area (Å²) in [6.07, 6.45) is 18.3. The van der Waals surface area contributed by atoms with Gasteiger partial charge >= 0.3 is 74.9 Å². The maximum Gasteiger partial charge on any atom is 1.00 e. The van der Waals surface area contributed by atoms with Crippen molar-refractivity contribution < 1.29 is 85.3 Å². The van der Waals surface area contributed by atoms with Crippen molar-refractivity contribution in [3.05, 3.63) is 0 Å². The Kier molecular flexibility index (Phi) is 21.2. The topological polar surface area (TPSA) is 57.5 Å². The molecule has 0 aromatic heterocycles. The summed E-state index contributed by atoms with van der Waals surface area (Å²) in [5, 5.41) is 18.4. The van der Waals surface area contributed by atoms with Crippen molar-refractivity contribution in [3.63, 3.8) is 0 Å². The van der Waals surface area contributed by atoms with Crippen molar-refractivity contribution in [2.45, 2.75) is 116 Å². The van der Waals surface area contributed by atoms with Crippen LogP contribution >= 0.6 is 0 Å². The summed E-state index contributed by atoms with van der Waals surface area (Å²) >= 11 is 0. The summed E-state index contributed by atoms with van der Waals surface area (Å²) in [6, 6.07) is 0. The molecule has 1 atom stereocenters. The Bertz CT molecular complexity index is 273. The normalized spacial score (nSPS) is 13.3. The van der Waals surface area contributed by atoms with Crippen LogP contribution in [0.1, 0.15) is 112 Å². The van der Waals surface area contributed by atoms with Crippen LogP contribution in [0, 0.1) is 0 Å². The van der Waals surface area contributed by atoms with Crippen LogP contribution < -0.4 is 68.9 Å². The third kappa shape index (κ3) is 18.1. The van der Waals surface area contributed by atoms with E-state index in [-0.39, 0.29) is 70.3 Å². The van der Waals surface area contributed by atoms with E-state index in [9.17, 15) is 9.90 Å². The first-order valence-electron chi connectivity index (χ1n) is 9.46. The Labute approximate surface area is 204 Å². The standard InChI is InChI=1S/C19H38O3.Cs.H/c1-3-4-5-6-7-8-9-10-11-12-13-14-15-16-17-19(2,22)18(20)21;;/h22H,3-17H2,1-2H3,(H,20,21);;/q;+1;-1. The molecule has 0 aromatic carbocycles. The smallest absolute Gasteiger partial charge is 1.00 e. The van der Waals surface area contributed by atoms with Gasteiger partial charge in [0.05, 0.1) is 0 Å². The molecule has 0 aliphatic carbocycles. The van der Waals surface area contributed by atoms with Gasteiger partial charge in [-0.2, -0.15) is 0 Å². The van der Waals surface area contributed by atoms with Crippen LogP contribution in [0.25, 0.3) is 0 Å². The van der Waals surface area contributed by atoms with Gasteiger partial charge in [0.15, 0.2) is 5.60 Å². The molecule has 0 amide bonds. The zero-order chi connectivity index (χ0) is 16.7. The van der Waals surface area contributed by atoms with Crippen molar-refractivity contribution in [1.29, 1.82) is 0 Å². The van der Waals surface area contributed by atoms with E-state index in [0.717, 1.165) is 19.3 Å². The fraction of sp³-hybridized carbons (Fsp3) is 0.947. The molecule has 0 spiro atoms. The third-order valence-corrected chi connectivity index (χ3v) is 4.48. The molecule has 23 heavy (non-hydrogen) atoms. The molecular formula is C19H39CsO3. The fourth-order valence-electron chi connectivity index (χ4n) is 2.77. The van der Waals surface area contributed by atoms with Crippen molar-refractivity contribution >= 4 is 5.97 Å². The van der Waals surface area contributed by atoms with Crippen LogP contribution in [0.15, 0.2) is 0 Å². The summed E-state index contributed by atoms with van der Waals surface area (Å²) in [6.45, 7) is 3.65. The molecule has 0 saturated heterocycles. The summed E-state index contributed by atoms with van der Waals surface area (Å²) < 4.78 is 0. The minimum atomic E-state index is -1.54. The first kappa shape index (κ1) is 26.7. The van der Waals surface area contributed by atoms with E-state index in [1.807, 2.05) is 0 Å². The number of unbranched alkanes of at least 4 members (excludes halogenated alkanes) is 13. The van der Waals surface area contributed by atoms with Crippen LogP contribution in [0.4, 0.5) is 0 Å². The average Bonchev–Trinajstić information content (AvgIpc) is 2.47. The van der Waals surface area contributed by atoms with Gasteiger partial charge < -0.3 is 11.6 Å². The van der Waals surface area contributed by atoms with Crippen molar-refractivity contribution in [2.75, 3.05) is 0 Å². The zero-order valence-electron chi connectivity index (χ0n) is 16.9. The maximum atomic E-state index is 10.7. The molecule has 0 aromatic rings. The van der Waals surface area contributed by atoms with Crippen LogP contribution in [0.5, 0.6) is 0 Å². The maximum absolute atomic E-state index is 10.7. The van der Waals surface area contributed by atoms with Crippen LogP contribution in [0.2, 0.25) is 0 Å². The van der Waals surface area contributed by atoms with Gasteiger partial charge in [0.1, 0.15) is 0 Å². The first-order chi connectivity index (χ1) is 10.5. The summed E-state index contributed by atoms with van der Waals surface area (Å²) in [4.78, 5) is 10.7. The Morgan fingerprint density at radius 3 is 1.39 bits per heavy atom. The predicted molar refractivity (Wildman–Crippen MR) is 94.3 cm³/mol. The Balaban J connectivity index is -0.00000220. The van der Waals surface area contributed by atoms with Gasteiger partial charge in [-0.05, 0) is 19.8 Å². The Hall–Kier alpha value is 1.48. The van der Waals surface area contributed by atoms with E-state index in [1.165, 1.54) is 77.6 Å². The van der Waals surface area contributed by atoms with Gasteiger partial charge in [-0.3, -0.25) is 0 Å². The number of carbonyl (C=O) groups is 1. The van der Waals surface area contributed by atoms with E-state index in [0.29, 0.717) is 6.42 Å². The Morgan fingerprint density at radius 1 is 0.783 bits per heavy atom. The minimum absolute atomic E-state index is 0. The molecule has 1 unspecified atom stereocenters. The summed E-state index contributed by atoms with van der Waals surface area (Å²) in [5.41, 5.74) is -1.54. The molecule has 0 aliphatic rings. The second-order valence-electron chi connectivity index (χ2n) is 6.93. The molecule has 0 heterocycles. The van der Waals surface area contributed by atoms with Crippen molar-refractivity contribution in [3.8, 4) is 0 Å². The molecular weight excluding hydrogens is 409 g/mol. The predicted octanol–water partition coefficient (Wildman–Crippen LogP) is 2.81. The molecule has 4 heteroatoms. The van der Waals surface area contributed by atoms with Gasteiger partial charge in [-0.1, -0.05) is 90.4 Å². The fourth-order valence-corrected chi connectivity index (χ4v) is 2.77. The van der Waals surface area contributed by atoms with Gasteiger partial charge in [0, 0.05) is 0 Å². The molecule has 0 aliphatic heterocycles. The number of hydrogen-bond acceptors (Lipinski definition) is 2. The molecule has 0 saturated carbocycles. The molecule has 2 N–H and O–H groups in total. The van der Waals surface area contributed by atoms with Gasteiger partial charge in [-0.25, -0.2) is 4.79 Å². The molecule has 134 valence electrons. The molecule has 0 fully saturated rings. The van der Waals surface area contributed by atoms with Crippen LogP contribution in [0.3, 0.4) is 0 Å². The summed E-state index contributed by atoms with van der Waals surface area (Å²) in [7, 11) is 0. The number of rotatable bonds is 16. The SMILES string of the molecule is CCCCCCCCCCCCCCCCC(C)(O)C(=O)O.[Cs+].[H-]. The van der Waals surface area contributed by atoms with Crippen molar-refractivity contribution in [1.82, 2.24) is 0 Å². The van der Waals surface area contributed by atoms with E-state index in [4.69, 9.17) is 5.11 Å². The van der Waals surface area contributed by atoms with Crippen LogP contribution in [-0.2, 0) is 4.79 Å². The van der Waals surface area contributed by atoms with Gasteiger partial charge in [-0.15, -0.1) is 0 Å². The van der Waals surface area contributed by atoms with Gasteiger partial charge in [0.2, 0.25) is 0 Å². The van der Waals surface area contributed by atoms with E-state index in [1.54, 1.807) is 0 Å². The number of carboxylic acid groups (broad SMARTS) is 1. The van der Waals surface area contributed by atoms with Gasteiger partial charge in [0.25, 0.3) is 0 Å². The monoisotopic (exact) mass is 448 g/mol. The third-order valence-electron chi connectivity index (χ3n) is 4.48. The molecule has 0 bridgehead atoms. The average molecular weight is 448 g/mol. The van der Waals surface area contributed by atoms with Crippen LogP contribution in [-0.4, -0.2) is 21.8 Å². The number of aliphatic carboxylic acids is 1.